The third-order valence-electron chi connectivity index (χ3n) is 2.75. The molecule has 0 radical (unpaired) electrons. The number of halogens is 2. The van der Waals surface area contributed by atoms with E-state index in [1.54, 1.807) is 17.1 Å². The maximum atomic E-state index is 6.29. The number of nitrogens with zero attached hydrogens (tertiary/aromatic N) is 2. The molecular formula is C14H17Cl2N3. The molecule has 0 saturated carbocycles. The third-order valence-corrected chi connectivity index (χ3v) is 3.30. The Balaban J connectivity index is 2.26. The molecule has 0 aliphatic carbocycles. The second-order valence-electron chi connectivity index (χ2n) is 4.87. The Morgan fingerprint density at radius 3 is 2.74 bits per heavy atom. The van der Waals surface area contributed by atoms with Gasteiger partial charge in [0.2, 0.25) is 0 Å². The van der Waals surface area contributed by atoms with Crippen LogP contribution >= 0.6 is 23.2 Å². The van der Waals surface area contributed by atoms with Gasteiger partial charge in [-0.3, -0.25) is 0 Å². The van der Waals surface area contributed by atoms with Gasteiger partial charge in [-0.05, 0) is 24.6 Å². The van der Waals surface area contributed by atoms with Crippen molar-refractivity contribution in [3.8, 4) is 5.69 Å². The molecule has 2 aromatic rings. The minimum absolute atomic E-state index is 0.602. The summed E-state index contributed by atoms with van der Waals surface area (Å²) in [6.45, 7) is 6.01. The highest BCUT2D eigenvalue weighted by Gasteiger charge is 2.10. The van der Waals surface area contributed by atoms with Crippen LogP contribution in [0.15, 0.2) is 30.6 Å². The molecule has 0 aliphatic rings. The van der Waals surface area contributed by atoms with E-state index in [9.17, 15) is 0 Å². The van der Waals surface area contributed by atoms with Gasteiger partial charge in [0, 0.05) is 23.3 Å². The van der Waals surface area contributed by atoms with Crippen LogP contribution in [0.25, 0.3) is 5.69 Å². The maximum Gasteiger partial charge on any atom is 0.0790 e. The molecule has 0 amide bonds. The van der Waals surface area contributed by atoms with Crippen LogP contribution in [-0.2, 0) is 6.54 Å². The van der Waals surface area contributed by atoms with Gasteiger partial charge >= 0.3 is 0 Å². The molecule has 0 unspecified atom stereocenters. The van der Waals surface area contributed by atoms with E-state index in [1.165, 1.54) is 0 Å². The Morgan fingerprint density at radius 1 is 1.32 bits per heavy atom. The molecule has 0 atom stereocenters. The molecule has 0 fully saturated rings. The van der Waals surface area contributed by atoms with E-state index in [1.807, 2.05) is 18.2 Å². The highest BCUT2D eigenvalue weighted by molar-refractivity contribution is 6.31. The Kier molecular flexibility index (Phi) is 4.86. The summed E-state index contributed by atoms with van der Waals surface area (Å²) >= 11 is 12.2. The van der Waals surface area contributed by atoms with E-state index < -0.39 is 0 Å². The van der Waals surface area contributed by atoms with Gasteiger partial charge < -0.3 is 5.32 Å². The quantitative estimate of drug-likeness (QED) is 0.906. The Morgan fingerprint density at radius 2 is 2.11 bits per heavy atom. The standard InChI is InChI=1S/C14H17Cl2N3/c1-10(2)6-17-8-12-13(16)4-3-5-14(12)19-9-11(15)7-18-19/h3-5,7,9-10,17H,6,8H2,1-2H3. The summed E-state index contributed by atoms with van der Waals surface area (Å²) in [7, 11) is 0. The molecule has 0 bridgehead atoms. The molecular weight excluding hydrogens is 281 g/mol. The van der Waals surface area contributed by atoms with Crippen molar-refractivity contribution < 1.29 is 0 Å². The molecule has 1 aromatic carbocycles. The number of aromatic nitrogens is 2. The van der Waals surface area contributed by atoms with Crippen molar-refractivity contribution in [1.29, 1.82) is 0 Å². The molecule has 1 aromatic heterocycles. The smallest absolute Gasteiger partial charge is 0.0790 e. The molecule has 1 N–H and O–H groups in total. The number of hydrogen-bond donors (Lipinski definition) is 1. The number of nitrogens with one attached hydrogen (secondary N) is 1. The third kappa shape index (κ3) is 3.72. The lowest BCUT2D eigenvalue weighted by Crippen LogP contribution is -2.20. The molecule has 5 heteroatoms. The van der Waals surface area contributed by atoms with Crippen LogP contribution in [0, 0.1) is 5.92 Å². The van der Waals surface area contributed by atoms with Gasteiger partial charge in [-0.25, -0.2) is 4.68 Å². The fourth-order valence-electron chi connectivity index (χ4n) is 1.86. The minimum atomic E-state index is 0.602. The first-order chi connectivity index (χ1) is 9.08. The fourth-order valence-corrected chi connectivity index (χ4v) is 2.23. The summed E-state index contributed by atoms with van der Waals surface area (Å²) in [5.41, 5.74) is 1.99. The van der Waals surface area contributed by atoms with E-state index >= 15 is 0 Å². The average Bonchev–Trinajstić information content (AvgIpc) is 2.77. The summed E-state index contributed by atoms with van der Waals surface area (Å²) in [6, 6.07) is 5.79. The maximum absolute atomic E-state index is 6.29. The number of benzene rings is 1. The van der Waals surface area contributed by atoms with Gasteiger partial charge in [-0.1, -0.05) is 43.1 Å². The molecule has 19 heavy (non-hydrogen) atoms. The van der Waals surface area contributed by atoms with E-state index in [0.29, 0.717) is 17.5 Å². The van der Waals surface area contributed by atoms with Gasteiger partial charge in [0.25, 0.3) is 0 Å². The number of hydrogen-bond acceptors (Lipinski definition) is 2. The zero-order valence-electron chi connectivity index (χ0n) is 11.0. The summed E-state index contributed by atoms with van der Waals surface area (Å²) in [6.07, 6.45) is 3.40. The molecule has 2 rings (SSSR count). The number of rotatable bonds is 5. The first-order valence-electron chi connectivity index (χ1n) is 6.26. The average molecular weight is 298 g/mol. The minimum Gasteiger partial charge on any atom is -0.312 e. The van der Waals surface area contributed by atoms with Crippen molar-refractivity contribution in [3.63, 3.8) is 0 Å². The summed E-state index contributed by atoms with van der Waals surface area (Å²) in [4.78, 5) is 0. The fraction of sp³-hybridized carbons (Fsp3) is 0.357. The van der Waals surface area contributed by atoms with Crippen LogP contribution in [0.5, 0.6) is 0 Å². The Hall–Kier alpha value is -1.03. The van der Waals surface area contributed by atoms with E-state index in [-0.39, 0.29) is 0 Å². The van der Waals surface area contributed by atoms with Crippen molar-refractivity contribution in [3.05, 3.63) is 46.2 Å². The summed E-state index contributed by atoms with van der Waals surface area (Å²) in [5.74, 6) is 0.602. The highest BCUT2D eigenvalue weighted by Crippen LogP contribution is 2.23. The zero-order valence-corrected chi connectivity index (χ0v) is 12.5. The lowest BCUT2D eigenvalue weighted by Gasteiger charge is -2.13. The Labute approximate surface area is 123 Å². The van der Waals surface area contributed by atoms with Crippen molar-refractivity contribution >= 4 is 23.2 Å². The molecule has 102 valence electrons. The van der Waals surface area contributed by atoms with Gasteiger partial charge in [0.1, 0.15) is 0 Å². The molecule has 0 saturated heterocycles. The molecule has 0 aliphatic heterocycles. The van der Waals surface area contributed by atoms with Crippen molar-refractivity contribution in [2.75, 3.05) is 6.54 Å². The van der Waals surface area contributed by atoms with Gasteiger partial charge in [-0.2, -0.15) is 5.10 Å². The second-order valence-corrected chi connectivity index (χ2v) is 5.71. The lowest BCUT2D eigenvalue weighted by atomic mass is 10.1. The normalized spacial score (nSPS) is 11.2. The largest absolute Gasteiger partial charge is 0.312 e. The van der Waals surface area contributed by atoms with Crippen LogP contribution in [0.3, 0.4) is 0 Å². The van der Waals surface area contributed by atoms with Crippen LogP contribution in [0.4, 0.5) is 0 Å². The van der Waals surface area contributed by atoms with Crippen LogP contribution < -0.4 is 5.32 Å². The van der Waals surface area contributed by atoms with Crippen LogP contribution in [0.1, 0.15) is 19.4 Å². The predicted molar refractivity (Wildman–Crippen MR) is 80.1 cm³/mol. The highest BCUT2D eigenvalue weighted by atomic mass is 35.5. The van der Waals surface area contributed by atoms with E-state index in [4.69, 9.17) is 23.2 Å². The first-order valence-corrected chi connectivity index (χ1v) is 7.02. The van der Waals surface area contributed by atoms with Crippen LogP contribution in [0.2, 0.25) is 10.0 Å². The van der Waals surface area contributed by atoms with Gasteiger partial charge in [-0.15, -0.1) is 0 Å². The van der Waals surface area contributed by atoms with Gasteiger partial charge in [0.05, 0.1) is 16.9 Å². The summed E-state index contributed by atoms with van der Waals surface area (Å²) in [5, 5.41) is 8.98. The molecule has 0 spiro atoms. The first kappa shape index (κ1) is 14.4. The molecule has 3 nitrogen and oxygen atoms in total. The van der Waals surface area contributed by atoms with Crippen LogP contribution in [-0.4, -0.2) is 16.3 Å². The predicted octanol–water partition coefficient (Wildman–Crippen LogP) is 3.92. The zero-order chi connectivity index (χ0) is 13.8. The summed E-state index contributed by atoms with van der Waals surface area (Å²) < 4.78 is 1.75. The molecule has 1 heterocycles. The Bertz CT molecular complexity index is 549. The monoisotopic (exact) mass is 297 g/mol. The SMILES string of the molecule is CC(C)CNCc1c(Cl)cccc1-n1cc(Cl)cn1. The van der Waals surface area contributed by atoms with Crippen molar-refractivity contribution in [2.45, 2.75) is 20.4 Å². The second kappa shape index (κ2) is 6.42. The van der Waals surface area contributed by atoms with Crippen molar-refractivity contribution in [1.82, 2.24) is 15.1 Å². The van der Waals surface area contributed by atoms with E-state index in [0.717, 1.165) is 22.8 Å². The topological polar surface area (TPSA) is 29.9 Å². The van der Waals surface area contributed by atoms with E-state index in [2.05, 4.69) is 24.3 Å². The van der Waals surface area contributed by atoms with Crippen molar-refractivity contribution in [2.24, 2.45) is 5.92 Å². The lowest BCUT2D eigenvalue weighted by molar-refractivity contribution is 0.551. The van der Waals surface area contributed by atoms with Gasteiger partial charge in [0.15, 0.2) is 0 Å².